The number of carbonyl (C=O) groups is 6. The molecule has 0 aromatic carbocycles. The number of aromatic nitrogens is 12. The summed E-state index contributed by atoms with van der Waals surface area (Å²) < 4.78 is 131. The van der Waals surface area contributed by atoms with Gasteiger partial charge in [-0.05, 0) is 62.6 Å². The monoisotopic (exact) mass is 1600 g/mol. The SMILES string of the molecule is CC(C)COC(=O)N1CCN(c2ccnc(-c3c[nH]c4ncc(Cl)cc34)n2)[C@@H](C(=O)NCC(F)(F)F)C1.CC(C)OC(=O)N1CCN(c2ccnc(-c3c[nH]c4ncc(Cl)cc34)n2)[C@@H](C(=O)NCC(F)(F)F)C1.CCCCOC(=O)N1CCN(c2ccnc(-c3c[nH]c4ncc(Cl)cc34)n2)[C@@H](C(=O)NCC(F)(F)F)C1. The van der Waals surface area contributed by atoms with Crippen molar-refractivity contribution < 1.29 is 82.5 Å². The van der Waals surface area contributed by atoms with E-state index in [1.807, 2.05) is 36.7 Å². The fourth-order valence-electron chi connectivity index (χ4n) is 11.7. The van der Waals surface area contributed by atoms with Crippen LogP contribution < -0.4 is 30.7 Å². The molecule has 9 aromatic heterocycles. The first-order chi connectivity index (χ1) is 52.2. The standard InChI is InChI=1S/2C23H25ClF3N7O3.C22H23ClF3N7O3/c1-13(2)11-37-22(36)33-5-6-34(17(10-33)21(35)31-12-23(25,26)27)18-3-4-28-20(32-18)16-9-30-19-15(16)7-14(24)8-29-19;1-2-3-8-37-22(36)33-6-7-34(17(12-33)21(35)31-13-23(25,26)27)18-4-5-28-20(32-18)16-11-30-19-15(16)9-14(24)10-29-19;1-12(2)36-21(35)32-5-6-33(16(10-32)20(34)30-11-22(24,25)26)17-3-4-27-19(31-17)15-9-29-18-14(15)7-13(23)8-28-18/h3-4,7-9,13,17H,5-6,10-12H2,1-2H3,(H,29,30)(H,31,35);4-5,9-11,17H,2-3,6-8,12-13H2,1H3,(H,29,30)(H,31,35);3-4,7-9,12,16H,5-6,10-11H2,1-2H3,(H,28,29)(H,30,34)/t2*17-;16-/m111/s1. The number of hydrogen-bond donors (Lipinski definition) is 6. The molecule has 0 bridgehead atoms. The third-order valence-electron chi connectivity index (χ3n) is 16.8. The summed E-state index contributed by atoms with van der Waals surface area (Å²) in [6.45, 7) is 5.44. The molecule has 0 unspecified atom stereocenters. The van der Waals surface area contributed by atoms with Gasteiger partial charge >= 0.3 is 36.8 Å². The number of piperazine rings is 3. The van der Waals surface area contributed by atoms with Gasteiger partial charge < -0.3 is 74.5 Å². The average molecular weight is 1610 g/mol. The number of fused-ring (bicyclic) bond motifs is 3. The first-order valence-electron chi connectivity index (χ1n) is 34.2. The fraction of sp³-hybridized carbons (Fsp3) is 0.426. The molecule has 6 amide bonds. The van der Waals surface area contributed by atoms with Gasteiger partial charge in [0.05, 0.1) is 54.0 Å². The smallest absolute Gasteiger partial charge is 0.410 e. The molecule has 3 atom stereocenters. The van der Waals surface area contributed by atoms with Gasteiger partial charge in [-0.15, -0.1) is 0 Å². The maximum Gasteiger partial charge on any atom is 0.410 e. The number of alkyl halides is 9. The third-order valence-corrected chi connectivity index (χ3v) is 17.5. The number of H-pyrrole nitrogens is 3. The molecule has 30 nitrogen and oxygen atoms in total. The lowest BCUT2D eigenvalue weighted by Crippen LogP contribution is -2.61. The van der Waals surface area contributed by atoms with Gasteiger partial charge in [-0.3, -0.25) is 14.4 Å². The minimum atomic E-state index is -4.59. The Morgan fingerprint density at radius 2 is 0.818 bits per heavy atom. The number of pyridine rings is 3. The van der Waals surface area contributed by atoms with Crippen molar-refractivity contribution in [3.63, 3.8) is 0 Å². The van der Waals surface area contributed by atoms with Crippen molar-refractivity contribution in [1.82, 2.24) is 90.5 Å². The lowest BCUT2D eigenvalue weighted by atomic mass is 10.1. The Bertz CT molecular complexity index is 4740. The third kappa shape index (κ3) is 21.6. The molecule has 6 N–H and O–H groups in total. The van der Waals surface area contributed by atoms with Crippen molar-refractivity contribution in [1.29, 1.82) is 0 Å². The molecule has 3 saturated heterocycles. The Labute approximate surface area is 635 Å². The zero-order valence-electron chi connectivity index (χ0n) is 59.3. The Kier molecular flexibility index (Phi) is 26.5. The number of carbonyl (C=O) groups excluding carboxylic acids is 6. The summed E-state index contributed by atoms with van der Waals surface area (Å²) in [5.41, 5.74) is 3.56. The van der Waals surface area contributed by atoms with Crippen molar-refractivity contribution >= 4 is 121 Å². The summed E-state index contributed by atoms with van der Waals surface area (Å²) in [4.78, 5) is 133. The van der Waals surface area contributed by atoms with Crippen LogP contribution in [0, 0.1) is 5.92 Å². The Morgan fingerprint density at radius 3 is 1.13 bits per heavy atom. The number of nitrogens with zero attached hydrogens (tertiary/aromatic N) is 15. The Hall–Kier alpha value is -10.8. The summed E-state index contributed by atoms with van der Waals surface area (Å²) in [5, 5.41) is 9.06. The second-order valence-corrected chi connectivity index (χ2v) is 27.1. The van der Waals surface area contributed by atoms with Gasteiger partial charge in [0.2, 0.25) is 17.7 Å². The van der Waals surface area contributed by atoms with Crippen LogP contribution in [0.4, 0.5) is 71.4 Å². The summed E-state index contributed by atoms with van der Waals surface area (Å²) in [6, 6.07) is 6.39. The number of hydrogen-bond acceptors (Lipinski definition) is 21. The second-order valence-electron chi connectivity index (χ2n) is 25.8. The van der Waals surface area contributed by atoms with Gasteiger partial charge in [-0.25, -0.2) is 59.2 Å². The quantitative estimate of drug-likeness (QED) is 0.0264. The number of unbranched alkanes of at least 4 members (excludes halogenated alkanes) is 1. The van der Waals surface area contributed by atoms with Gasteiger partial charge in [-0.1, -0.05) is 62.0 Å². The van der Waals surface area contributed by atoms with E-state index in [0.29, 0.717) is 106 Å². The number of rotatable bonds is 18. The van der Waals surface area contributed by atoms with E-state index in [2.05, 4.69) is 59.8 Å². The van der Waals surface area contributed by atoms with E-state index in [-0.39, 0.29) is 78.0 Å². The van der Waals surface area contributed by atoms with Crippen molar-refractivity contribution in [2.75, 3.05) is 106 Å². The normalized spacial score (nSPS) is 16.3. The highest BCUT2D eigenvalue weighted by Crippen LogP contribution is 2.34. The largest absolute Gasteiger partial charge is 0.449 e. The van der Waals surface area contributed by atoms with Crippen LogP contribution >= 0.6 is 34.8 Å². The van der Waals surface area contributed by atoms with Gasteiger partial charge in [0.15, 0.2) is 17.5 Å². The maximum absolute atomic E-state index is 12.9. The molecule has 12 heterocycles. The molecule has 3 aliphatic rings. The Balaban J connectivity index is 0.000000176. The molecule has 0 saturated carbocycles. The van der Waals surface area contributed by atoms with Crippen LogP contribution in [0.5, 0.6) is 0 Å². The number of ether oxygens (including phenoxy) is 3. The maximum atomic E-state index is 12.9. The zero-order chi connectivity index (χ0) is 79.4. The molecule has 3 aliphatic heterocycles. The first kappa shape index (κ1) is 81.7. The van der Waals surface area contributed by atoms with Crippen LogP contribution in [-0.4, -0.2) is 245 Å². The van der Waals surface area contributed by atoms with Gasteiger partial charge in [-0.2, -0.15) is 39.5 Å². The molecule has 9 aromatic rings. The van der Waals surface area contributed by atoms with Crippen LogP contribution in [-0.2, 0) is 28.6 Å². The van der Waals surface area contributed by atoms with Crippen LogP contribution in [0.1, 0.15) is 47.5 Å². The van der Waals surface area contributed by atoms with Gasteiger partial charge in [0.1, 0.15) is 72.2 Å². The van der Waals surface area contributed by atoms with Gasteiger partial charge in [0.25, 0.3) is 0 Å². The van der Waals surface area contributed by atoms with E-state index in [9.17, 15) is 68.3 Å². The van der Waals surface area contributed by atoms with Crippen LogP contribution in [0.3, 0.4) is 0 Å². The highest BCUT2D eigenvalue weighted by atomic mass is 35.5. The minimum Gasteiger partial charge on any atom is -0.449 e. The lowest BCUT2D eigenvalue weighted by molar-refractivity contribution is -0.139. The van der Waals surface area contributed by atoms with Crippen LogP contribution in [0.25, 0.3) is 67.3 Å². The average Bonchev–Trinajstić information content (AvgIpc) is 1.46. The molecule has 0 radical (unpaired) electrons. The minimum absolute atomic E-state index is 0.102. The number of amides is 6. The number of nitrogens with one attached hydrogen (secondary N) is 6. The van der Waals surface area contributed by atoms with E-state index >= 15 is 0 Å². The molecule has 0 aliphatic carbocycles. The second kappa shape index (κ2) is 35.7. The summed E-state index contributed by atoms with van der Waals surface area (Å²) in [7, 11) is 0. The van der Waals surface area contributed by atoms with E-state index < -0.39 is 98.4 Å². The predicted octanol–water partition coefficient (Wildman–Crippen LogP) is 10.8. The molecule has 3 fully saturated rings. The van der Waals surface area contributed by atoms with Crippen molar-refractivity contribution in [3.05, 3.63) is 107 Å². The molecular formula is C68H73Cl3F9N21O9. The highest BCUT2D eigenvalue weighted by molar-refractivity contribution is 6.32. The van der Waals surface area contributed by atoms with E-state index in [1.54, 1.807) is 83.5 Å². The molecule has 12 rings (SSSR count). The molecule has 588 valence electrons. The predicted molar refractivity (Wildman–Crippen MR) is 386 cm³/mol. The van der Waals surface area contributed by atoms with Crippen LogP contribution in [0.15, 0.2) is 92.2 Å². The summed E-state index contributed by atoms with van der Waals surface area (Å²) in [6.07, 6.45) is -0.567. The molecule has 42 heteroatoms. The fourth-order valence-corrected chi connectivity index (χ4v) is 12.1. The summed E-state index contributed by atoms with van der Waals surface area (Å²) in [5.74, 6) is -0.689. The lowest BCUT2D eigenvalue weighted by Gasteiger charge is -2.40. The van der Waals surface area contributed by atoms with Crippen LogP contribution in [0.2, 0.25) is 15.1 Å². The summed E-state index contributed by atoms with van der Waals surface area (Å²) >= 11 is 18.3. The highest BCUT2D eigenvalue weighted by Gasteiger charge is 2.42. The molecular weight excluding hydrogens is 1530 g/mol. The van der Waals surface area contributed by atoms with Crippen molar-refractivity contribution in [3.8, 4) is 34.2 Å². The number of aromatic amines is 3. The van der Waals surface area contributed by atoms with Gasteiger partial charge in [0, 0.05) is 128 Å². The molecule has 0 spiro atoms. The number of anilines is 3. The molecule has 110 heavy (non-hydrogen) atoms. The number of halogens is 12. The van der Waals surface area contributed by atoms with E-state index in [0.717, 1.165) is 6.42 Å². The topological polar surface area (TPSA) is 349 Å². The van der Waals surface area contributed by atoms with Crippen molar-refractivity contribution in [2.45, 2.75) is 90.2 Å². The Morgan fingerprint density at radius 1 is 0.491 bits per heavy atom. The van der Waals surface area contributed by atoms with Crippen molar-refractivity contribution in [2.24, 2.45) is 5.92 Å². The first-order valence-corrected chi connectivity index (χ1v) is 35.3. The van der Waals surface area contributed by atoms with E-state index in [1.165, 1.54) is 51.9 Å². The zero-order valence-corrected chi connectivity index (χ0v) is 61.5. The van der Waals surface area contributed by atoms with E-state index in [4.69, 9.17) is 49.0 Å².